The number of hydrogen-bond acceptors (Lipinski definition) is 2. The van der Waals surface area contributed by atoms with Crippen LogP contribution in [0.2, 0.25) is 0 Å². The van der Waals surface area contributed by atoms with Crippen LogP contribution in [0.5, 0.6) is 0 Å². The number of thiocarbonyl (C=S) groups is 1. The average molecular weight is 226 g/mol. The molecule has 4 atom stereocenters. The van der Waals surface area contributed by atoms with Gasteiger partial charge in [-0.05, 0) is 51.0 Å². The largest absolute Gasteiger partial charge is 0.392 e. The molecule has 3 heteroatoms. The molecule has 0 spiro atoms. The number of rotatable bonds is 4. The molecule has 86 valence electrons. The first-order valence-corrected chi connectivity index (χ1v) is 6.48. The smallest absolute Gasteiger partial charge is 0.0899 e. The van der Waals surface area contributed by atoms with Crippen LogP contribution >= 0.6 is 12.2 Å². The Kier molecular flexibility index (Phi) is 3.31. The summed E-state index contributed by atoms with van der Waals surface area (Å²) in [6.07, 6.45) is 5.87. The van der Waals surface area contributed by atoms with E-state index in [1.165, 1.54) is 32.2 Å². The molecule has 0 saturated heterocycles. The van der Waals surface area contributed by atoms with Gasteiger partial charge >= 0.3 is 0 Å². The van der Waals surface area contributed by atoms with Crippen molar-refractivity contribution in [3.05, 3.63) is 0 Å². The first kappa shape index (κ1) is 11.3. The second-order valence-electron chi connectivity index (χ2n) is 5.45. The van der Waals surface area contributed by atoms with Crippen LogP contribution in [0.3, 0.4) is 0 Å². The van der Waals surface area contributed by atoms with Crippen LogP contribution in [0, 0.1) is 17.8 Å². The molecular weight excluding hydrogens is 204 g/mol. The third-order valence-corrected chi connectivity index (χ3v) is 4.82. The molecule has 0 amide bonds. The number of nitrogens with two attached hydrogens (primary N) is 1. The van der Waals surface area contributed by atoms with Crippen molar-refractivity contribution >= 4 is 17.2 Å². The van der Waals surface area contributed by atoms with Crippen molar-refractivity contribution in [1.29, 1.82) is 0 Å². The van der Waals surface area contributed by atoms with E-state index in [-0.39, 0.29) is 6.04 Å². The highest BCUT2D eigenvalue weighted by atomic mass is 32.1. The summed E-state index contributed by atoms with van der Waals surface area (Å²) in [6.45, 7) is 3.29. The summed E-state index contributed by atoms with van der Waals surface area (Å²) in [5, 5.41) is 0. The van der Waals surface area contributed by atoms with E-state index in [1.54, 1.807) is 0 Å². The molecule has 2 fully saturated rings. The molecule has 2 nitrogen and oxygen atoms in total. The van der Waals surface area contributed by atoms with Gasteiger partial charge in [0.15, 0.2) is 0 Å². The van der Waals surface area contributed by atoms with E-state index in [1.807, 2.05) is 0 Å². The highest BCUT2D eigenvalue weighted by Crippen LogP contribution is 2.48. The molecule has 4 unspecified atom stereocenters. The summed E-state index contributed by atoms with van der Waals surface area (Å²) in [7, 11) is 2.15. The molecule has 0 aromatic heterocycles. The minimum absolute atomic E-state index is 0.249. The van der Waals surface area contributed by atoms with Crippen molar-refractivity contribution < 1.29 is 0 Å². The van der Waals surface area contributed by atoms with Crippen molar-refractivity contribution in [2.45, 2.75) is 38.6 Å². The fraction of sp³-hybridized carbons (Fsp3) is 0.917. The first-order chi connectivity index (χ1) is 7.08. The minimum atomic E-state index is 0.249. The van der Waals surface area contributed by atoms with Crippen LogP contribution in [0.15, 0.2) is 0 Å². The van der Waals surface area contributed by atoms with Gasteiger partial charge in [0.25, 0.3) is 0 Å². The van der Waals surface area contributed by atoms with Crippen LogP contribution in [0.25, 0.3) is 0 Å². The van der Waals surface area contributed by atoms with E-state index < -0.39 is 0 Å². The highest BCUT2D eigenvalue weighted by Gasteiger charge is 2.39. The van der Waals surface area contributed by atoms with E-state index in [4.69, 9.17) is 18.0 Å². The molecule has 2 aliphatic carbocycles. The molecule has 15 heavy (non-hydrogen) atoms. The zero-order chi connectivity index (χ0) is 11.0. The molecule has 0 aromatic rings. The number of nitrogens with zero attached hydrogens (tertiary/aromatic N) is 1. The van der Waals surface area contributed by atoms with E-state index in [2.05, 4.69) is 18.9 Å². The van der Waals surface area contributed by atoms with Gasteiger partial charge in [0, 0.05) is 6.54 Å². The van der Waals surface area contributed by atoms with E-state index in [0.29, 0.717) is 4.99 Å². The van der Waals surface area contributed by atoms with Gasteiger partial charge in [0.05, 0.1) is 11.0 Å². The van der Waals surface area contributed by atoms with Gasteiger partial charge in [-0.3, -0.25) is 4.90 Å². The van der Waals surface area contributed by atoms with Gasteiger partial charge in [-0.15, -0.1) is 0 Å². The monoisotopic (exact) mass is 226 g/mol. The molecule has 0 aromatic carbocycles. The summed E-state index contributed by atoms with van der Waals surface area (Å²) in [5.41, 5.74) is 5.68. The number of likely N-dealkylation sites (N-methyl/N-ethyl adjacent to an activating group) is 1. The normalized spacial score (nSPS) is 36.1. The molecular formula is C12H22N2S. The lowest BCUT2D eigenvalue weighted by Crippen LogP contribution is -2.42. The van der Waals surface area contributed by atoms with Gasteiger partial charge in [-0.25, -0.2) is 0 Å². The average Bonchev–Trinajstić information content (AvgIpc) is 2.77. The Labute approximate surface area is 98.2 Å². The Morgan fingerprint density at radius 3 is 2.67 bits per heavy atom. The first-order valence-electron chi connectivity index (χ1n) is 6.07. The van der Waals surface area contributed by atoms with E-state index in [9.17, 15) is 0 Å². The molecule has 0 heterocycles. The molecule has 0 radical (unpaired) electrons. The van der Waals surface area contributed by atoms with Crippen molar-refractivity contribution in [1.82, 2.24) is 4.90 Å². The maximum absolute atomic E-state index is 5.68. The van der Waals surface area contributed by atoms with Crippen molar-refractivity contribution in [2.24, 2.45) is 23.5 Å². The van der Waals surface area contributed by atoms with Crippen LogP contribution in [0.1, 0.15) is 32.6 Å². The van der Waals surface area contributed by atoms with Gasteiger partial charge < -0.3 is 5.73 Å². The second kappa shape index (κ2) is 4.38. The summed E-state index contributed by atoms with van der Waals surface area (Å²) in [6, 6.07) is 0.249. The maximum atomic E-state index is 5.68. The zero-order valence-corrected chi connectivity index (χ0v) is 10.6. The van der Waals surface area contributed by atoms with Crippen LogP contribution < -0.4 is 5.73 Å². The lowest BCUT2D eigenvalue weighted by atomic mass is 9.88. The quantitative estimate of drug-likeness (QED) is 0.744. The zero-order valence-electron chi connectivity index (χ0n) is 9.78. The fourth-order valence-electron chi connectivity index (χ4n) is 3.35. The van der Waals surface area contributed by atoms with Crippen molar-refractivity contribution in [2.75, 3.05) is 13.6 Å². The molecule has 0 aliphatic heterocycles. The standard InChI is InChI=1S/C12H22N2S/c1-8(12(13)15)14(2)7-11-6-9-3-4-10(11)5-9/h8-11H,3-7H2,1-2H3,(H2,13,15). The van der Waals surface area contributed by atoms with E-state index in [0.717, 1.165) is 17.8 Å². The van der Waals surface area contributed by atoms with Crippen molar-refractivity contribution in [3.8, 4) is 0 Å². The van der Waals surface area contributed by atoms with Crippen molar-refractivity contribution in [3.63, 3.8) is 0 Å². The van der Waals surface area contributed by atoms with Crippen LogP contribution in [-0.2, 0) is 0 Å². The Morgan fingerprint density at radius 1 is 1.47 bits per heavy atom. The third-order valence-electron chi connectivity index (χ3n) is 4.48. The summed E-state index contributed by atoms with van der Waals surface area (Å²) in [4.78, 5) is 2.95. The molecule has 2 saturated carbocycles. The lowest BCUT2D eigenvalue weighted by molar-refractivity contribution is 0.208. The Hall–Kier alpha value is -0.150. The molecule has 2 rings (SSSR count). The SMILES string of the molecule is CC(C(N)=S)N(C)CC1CC2CCC1C2. The summed E-state index contributed by atoms with van der Waals surface area (Å²) < 4.78 is 0. The van der Waals surface area contributed by atoms with Gasteiger partial charge in [-0.1, -0.05) is 18.6 Å². The Bertz CT molecular complexity index is 254. The molecule has 2 aliphatic rings. The Balaban J connectivity index is 1.84. The highest BCUT2D eigenvalue weighted by molar-refractivity contribution is 7.80. The maximum Gasteiger partial charge on any atom is 0.0899 e. The van der Waals surface area contributed by atoms with E-state index >= 15 is 0 Å². The van der Waals surface area contributed by atoms with Gasteiger partial charge in [-0.2, -0.15) is 0 Å². The van der Waals surface area contributed by atoms with Gasteiger partial charge in [0.1, 0.15) is 0 Å². The van der Waals surface area contributed by atoms with Crippen LogP contribution in [-0.4, -0.2) is 29.5 Å². The summed E-state index contributed by atoms with van der Waals surface area (Å²) in [5.74, 6) is 2.94. The predicted molar refractivity (Wildman–Crippen MR) is 67.8 cm³/mol. The molecule has 2 N–H and O–H groups in total. The second-order valence-corrected chi connectivity index (χ2v) is 5.92. The number of fused-ring (bicyclic) bond motifs is 2. The molecule has 2 bridgehead atoms. The van der Waals surface area contributed by atoms with Gasteiger partial charge in [0.2, 0.25) is 0 Å². The third kappa shape index (κ3) is 2.34. The summed E-state index contributed by atoms with van der Waals surface area (Å²) >= 11 is 5.04. The fourth-order valence-corrected chi connectivity index (χ4v) is 3.53. The predicted octanol–water partition coefficient (Wildman–Crippen LogP) is 2.03. The number of hydrogen-bond donors (Lipinski definition) is 1. The van der Waals surface area contributed by atoms with Crippen LogP contribution in [0.4, 0.5) is 0 Å². The Morgan fingerprint density at radius 2 is 2.20 bits per heavy atom. The topological polar surface area (TPSA) is 29.3 Å². The minimum Gasteiger partial charge on any atom is -0.392 e. The lowest BCUT2D eigenvalue weighted by Gasteiger charge is -2.30.